The van der Waals surface area contributed by atoms with Gasteiger partial charge in [-0.25, -0.2) is 18.1 Å². The maximum Gasteiger partial charge on any atom is 0.293 e. The Bertz CT molecular complexity index is 1360. The molecule has 0 atom stereocenters. The normalized spacial score (nSPS) is 11.7. The molecule has 2 N–H and O–H groups in total. The molecule has 0 bridgehead atoms. The third-order valence-electron chi connectivity index (χ3n) is 4.96. The average molecular weight is 473 g/mol. The Kier molecular flexibility index (Phi) is 6.31. The Hall–Kier alpha value is -3.14. The summed E-state index contributed by atoms with van der Waals surface area (Å²) in [7, 11) is -2.52. The van der Waals surface area contributed by atoms with Gasteiger partial charge >= 0.3 is 0 Å². The van der Waals surface area contributed by atoms with Crippen LogP contribution in [-0.2, 0) is 23.0 Å². The highest BCUT2D eigenvalue weighted by Gasteiger charge is 2.21. The summed E-state index contributed by atoms with van der Waals surface area (Å²) in [5, 5.41) is 2.93. The lowest BCUT2D eigenvalue weighted by molar-refractivity contribution is 0.0990. The topological polar surface area (TPSA) is 106 Å². The molecule has 4 rings (SSSR count). The molecule has 10 heteroatoms. The first-order valence-corrected chi connectivity index (χ1v) is 11.8. The molecule has 0 aliphatic carbocycles. The summed E-state index contributed by atoms with van der Waals surface area (Å²) in [4.78, 5) is 17.2. The number of hydrogen-bond donors (Lipinski definition) is 2. The van der Waals surface area contributed by atoms with Gasteiger partial charge in [0.25, 0.3) is 15.9 Å². The van der Waals surface area contributed by atoms with Gasteiger partial charge in [0, 0.05) is 11.6 Å². The number of aromatic nitrogens is 2. The average Bonchev–Trinajstić information content (AvgIpc) is 3.40. The van der Waals surface area contributed by atoms with Crippen LogP contribution in [0.2, 0.25) is 5.02 Å². The van der Waals surface area contributed by atoms with Gasteiger partial charge in [0.2, 0.25) is 11.0 Å². The van der Waals surface area contributed by atoms with E-state index in [1.165, 1.54) is 24.7 Å². The highest BCUT2D eigenvalue weighted by Crippen LogP contribution is 2.25. The predicted molar refractivity (Wildman–Crippen MR) is 122 cm³/mol. The van der Waals surface area contributed by atoms with Crippen LogP contribution in [0.3, 0.4) is 0 Å². The Morgan fingerprint density at radius 2 is 1.91 bits per heavy atom. The van der Waals surface area contributed by atoms with Crippen LogP contribution in [0.15, 0.2) is 70.2 Å². The molecule has 2 aromatic heterocycles. The van der Waals surface area contributed by atoms with Crippen LogP contribution >= 0.6 is 11.6 Å². The molecule has 0 radical (unpaired) electrons. The fraction of sp³-hybridized carbons (Fsp3) is 0.182. The largest absolute Gasteiger partial charge is 0.438 e. The zero-order chi connectivity index (χ0) is 22.7. The molecule has 8 nitrogen and oxygen atoms in total. The van der Waals surface area contributed by atoms with Gasteiger partial charge in [0.1, 0.15) is 0 Å². The van der Waals surface area contributed by atoms with E-state index in [0.717, 1.165) is 18.4 Å². The van der Waals surface area contributed by atoms with Crippen LogP contribution in [-0.4, -0.2) is 30.9 Å². The van der Waals surface area contributed by atoms with Crippen LogP contribution in [0.5, 0.6) is 0 Å². The number of hydrogen-bond acceptors (Lipinski definition) is 5. The molecule has 0 unspecified atom stereocenters. The molecule has 1 amide bonds. The van der Waals surface area contributed by atoms with Gasteiger partial charge < -0.3 is 8.98 Å². The molecule has 0 saturated carbocycles. The molecule has 0 saturated heterocycles. The number of nitrogens with zero attached hydrogens (tertiary/aromatic N) is 2. The Morgan fingerprint density at radius 1 is 1.12 bits per heavy atom. The number of halogens is 1. The monoisotopic (exact) mass is 472 g/mol. The van der Waals surface area contributed by atoms with Crippen molar-refractivity contribution < 1.29 is 17.6 Å². The highest BCUT2D eigenvalue weighted by molar-refractivity contribution is 7.89. The van der Waals surface area contributed by atoms with Crippen molar-refractivity contribution in [2.75, 3.05) is 12.4 Å². The van der Waals surface area contributed by atoms with E-state index in [2.05, 4.69) is 27.2 Å². The summed E-state index contributed by atoms with van der Waals surface area (Å²) in [5.74, 6) is -0.414. The number of nitrogens with one attached hydrogen (secondary N) is 2. The Morgan fingerprint density at radius 3 is 2.66 bits per heavy atom. The van der Waals surface area contributed by atoms with Crippen LogP contribution in [0.25, 0.3) is 11.0 Å². The summed E-state index contributed by atoms with van der Waals surface area (Å²) in [5.41, 5.74) is 2.69. The quantitative estimate of drug-likeness (QED) is 0.402. The standard InChI is InChI=1S/C22H21ClN4O4S/c1-24-32(29,30)20-12-11-19(31-20)21(28)26-22-25-17-14-16(23)9-10-18(17)27(22)13-5-8-15-6-3-2-4-7-15/h2-4,6-7,9-12,14,24H,5,8,13H2,1H3,(H,25,26,28). The van der Waals surface area contributed by atoms with Gasteiger partial charge in [-0.3, -0.25) is 10.1 Å². The zero-order valence-corrected chi connectivity index (χ0v) is 18.8. The van der Waals surface area contributed by atoms with Crippen molar-refractivity contribution >= 4 is 44.5 Å². The second-order valence-corrected chi connectivity index (χ2v) is 9.34. The van der Waals surface area contributed by atoms with Gasteiger partial charge in [-0.1, -0.05) is 41.9 Å². The Balaban J connectivity index is 1.58. The number of anilines is 1. The van der Waals surface area contributed by atoms with Gasteiger partial charge in [0.05, 0.1) is 11.0 Å². The van der Waals surface area contributed by atoms with Gasteiger partial charge in [-0.2, -0.15) is 0 Å². The van der Waals surface area contributed by atoms with Crippen molar-refractivity contribution in [3.05, 3.63) is 77.0 Å². The number of imidazole rings is 1. The van der Waals surface area contributed by atoms with E-state index in [9.17, 15) is 13.2 Å². The number of fused-ring (bicyclic) bond motifs is 1. The van der Waals surface area contributed by atoms with Gasteiger partial charge in [0.15, 0.2) is 5.76 Å². The summed E-state index contributed by atoms with van der Waals surface area (Å²) >= 11 is 6.11. The first-order chi connectivity index (χ1) is 15.4. The minimum absolute atomic E-state index is 0.139. The molecule has 0 spiro atoms. The molecule has 2 heterocycles. The third kappa shape index (κ3) is 4.69. The summed E-state index contributed by atoms with van der Waals surface area (Å²) in [6.07, 6.45) is 1.69. The summed E-state index contributed by atoms with van der Waals surface area (Å²) in [6, 6.07) is 18.0. The number of carbonyl (C=O) groups is 1. The second kappa shape index (κ2) is 9.15. The molecule has 0 aliphatic rings. The fourth-order valence-electron chi connectivity index (χ4n) is 3.36. The van der Waals surface area contributed by atoms with Gasteiger partial charge in [-0.05, 0) is 55.8 Å². The van der Waals surface area contributed by atoms with Crippen molar-refractivity contribution in [3.8, 4) is 0 Å². The third-order valence-corrected chi connectivity index (χ3v) is 6.49. The summed E-state index contributed by atoms with van der Waals surface area (Å²) < 4.78 is 33.0. The molecule has 4 aromatic rings. The first-order valence-electron chi connectivity index (χ1n) is 9.92. The van der Waals surface area contributed by atoms with Crippen LogP contribution in [0, 0.1) is 0 Å². The van der Waals surface area contributed by atoms with Crippen molar-refractivity contribution in [2.45, 2.75) is 24.5 Å². The first kappa shape index (κ1) is 22.1. The van der Waals surface area contributed by atoms with E-state index in [4.69, 9.17) is 16.0 Å². The lowest BCUT2D eigenvalue weighted by Crippen LogP contribution is -2.18. The SMILES string of the molecule is CNS(=O)(=O)c1ccc(C(=O)Nc2nc3cc(Cl)ccc3n2CCCc2ccccc2)o1. The molecular formula is C22H21ClN4O4S. The maximum absolute atomic E-state index is 12.7. The number of sulfonamides is 1. The molecule has 0 aliphatic heterocycles. The number of furan rings is 1. The highest BCUT2D eigenvalue weighted by atomic mass is 35.5. The lowest BCUT2D eigenvalue weighted by Gasteiger charge is -2.10. The number of amides is 1. The van der Waals surface area contributed by atoms with Crippen molar-refractivity contribution in [2.24, 2.45) is 0 Å². The zero-order valence-electron chi connectivity index (χ0n) is 17.2. The van der Waals surface area contributed by atoms with Crippen LogP contribution in [0.1, 0.15) is 22.5 Å². The fourth-order valence-corrected chi connectivity index (χ4v) is 4.18. The van der Waals surface area contributed by atoms with Gasteiger partial charge in [-0.15, -0.1) is 0 Å². The maximum atomic E-state index is 12.7. The lowest BCUT2D eigenvalue weighted by atomic mass is 10.1. The van der Waals surface area contributed by atoms with E-state index in [0.29, 0.717) is 23.0 Å². The smallest absolute Gasteiger partial charge is 0.293 e. The van der Waals surface area contributed by atoms with Crippen LogP contribution in [0.4, 0.5) is 5.95 Å². The predicted octanol–water partition coefficient (Wildman–Crippen LogP) is 4.08. The summed E-state index contributed by atoms with van der Waals surface area (Å²) in [6.45, 7) is 0.611. The van der Waals surface area contributed by atoms with E-state index in [-0.39, 0.29) is 10.9 Å². The van der Waals surface area contributed by atoms with Crippen LogP contribution < -0.4 is 10.0 Å². The minimum Gasteiger partial charge on any atom is -0.438 e. The number of benzene rings is 2. The van der Waals surface area contributed by atoms with E-state index >= 15 is 0 Å². The molecule has 2 aromatic carbocycles. The van der Waals surface area contributed by atoms with E-state index < -0.39 is 15.9 Å². The molecule has 0 fully saturated rings. The molecule has 32 heavy (non-hydrogen) atoms. The number of carbonyl (C=O) groups excluding carboxylic acids is 1. The number of aryl methyl sites for hydroxylation is 2. The van der Waals surface area contributed by atoms with E-state index in [1.807, 2.05) is 28.8 Å². The van der Waals surface area contributed by atoms with Crippen molar-refractivity contribution in [3.63, 3.8) is 0 Å². The van der Waals surface area contributed by atoms with E-state index in [1.54, 1.807) is 12.1 Å². The minimum atomic E-state index is -3.79. The Labute approximate surface area is 190 Å². The van der Waals surface area contributed by atoms with Crippen molar-refractivity contribution in [1.82, 2.24) is 14.3 Å². The second-order valence-electron chi connectivity index (χ2n) is 7.09. The number of rotatable bonds is 8. The molecular weight excluding hydrogens is 452 g/mol. The molecule has 166 valence electrons. The van der Waals surface area contributed by atoms with Crippen molar-refractivity contribution in [1.29, 1.82) is 0 Å².